The molecule has 1 fully saturated rings. The van der Waals surface area contributed by atoms with E-state index in [1.54, 1.807) is 30.3 Å². The maximum Gasteiger partial charge on any atom is 0.437 e. The molecule has 3 rings (SSSR count). The van der Waals surface area contributed by atoms with Crippen molar-refractivity contribution in [3.05, 3.63) is 47.5 Å². The number of morpholine rings is 1. The minimum Gasteiger partial charge on any atom is -0.439 e. The minimum absolute atomic E-state index is 0.00213. The van der Waals surface area contributed by atoms with Gasteiger partial charge in [-0.3, -0.25) is 19.3 Å². The average Bonchev–Trinajstić information content (AvgIpc) is 2.81. The zero-order valence-corrected chi connectivity index (χ0v) is 21.6. The first-order valence-corrected chi connectivity index (χ1v) is 12.3. The highest BCUT2D eigenvalue weighted by Gasteiger charge is 2.60. The SMILES string of the molecule is CC(=O)O[C@](C)(C(=O)Nc1ccc(Sc2ccc(NC(=O)CN3CCOCC3)cc2)cc1Cl)C(F)(F)F. The predicted octanol–water partition coefficient (Wildman–Crippen LogP) is 4.58. The summed E-state index contributed by atoms with van der Waals surface area (Å²) in [6, 6.07) is 11.5. The normalized spacial score (nSPS) is 15.9. The highest BCUT2D eigenvalue weighted by atomic mass is 35.5. The molecule has 1 heterocycles. The second-order valence-corrected chi connectivity index (χ2v) is 9.84. The van der Waals surface area contributed by atoms with E-state index in [-0.39, 0.29) is 23.2 Å². The Morgan fingerprint density at radius 1 is 1.05 bits per heavy atom. The summed E-state index contributed by atoms with van der Waals surface area (Å²) in [6.07, 6.45) is -5.14. The number of carbonyl (C=O) groups excluding carboxylic acids is 3. The second kappa shape index (κ2) is 12.2. The van der Waals surface area contributed by atoms with Crippen LogP contribution in [0.2, 0.25) is 5.02 Å². The number of amides is 2. The Bertz CT molecular complexity index is 1140. The molecule has 0 spiro atoms. The van der Waals surface area contributed by atoms with Gasteiger partial charge in [-0.15, -0.1) is 0 Å². The van der Waals surface area contributed by atoms with Gasteiger partial charge in [0, 0.05) is 35.5 Å². The Labute approximate surface area is 220 Å². The van der Waals surface area contributed by atoms with Gasteiger partial charge in [-0.1, -0.05) is 23.4 Å². The molecule has 2 aromatic carbocycles. The molecule has 37 heavy (non-hydrogen) atoms. The van der Waals surface area contributed by atoms with Crippen molar-refractivity contribution >= 4 is 52.5 Å². The molecule has 0 radical (unpaired) electrons. The van der Waals surface area contributed by atoms with E-state index in [1.165, 1.54) is 23.9 Å². The molecule has 1 atom stereocenters. The van der Waals surface area contributed by atoms with Gasteiger partial charge in [0.05, 0.1) is 30.5 Å². The van der Waals surface area contributed by atoms with Gasteiger partial charge in [0.2, 0.25) is 5.91 Å². The van der Waals surface area contributed by atoms with Gasteiger partial charge in [0.15, 0.2) is 0 Å². The quantitative estimate of drug-likeness (QED) is 0.457. The number of halogens is 4. The molecule has 2 N–H and O–H groups in total. The standard InChI is InChI=1S/C24H25ClF3N3O5S/c1-15(32)36-23(2,24(26,27)28)22(34)30-20-8-7-18(13-19(20)25)37-17-5-3-16(4-6-17)29-21(33)14-31-9-11-35-12-10-31/h3-8,13H,9-12,14H2,1-2H3,(H,29,33)(H,30,34)/t23-/m1/s1. The number of hydrogen-bond donors (Lipinski definition) is 2. The lowest BCUT2D eigenvalue weighted by molar-refractivity contribution is -0.253. The molecular formula is C24H25ClF3N3O5S. The summed E-state index contributed by atoms with van der Waals surface area (Å²) in [4.78, 5) is 39.2. The first kappa shape index (κ1) is 28.8. The van der Waals surface area contributed by atoms with Gasteiger partial charge in [0.1, 0.15) is 0 Å². The van der Waals surface area contributed by atoms with Gasteiger partial charge in [0.25, 0.3) is 11.5 Å². The lowest BCUT2D eigenvalue weighted by Gasteiger charge is -2.29. The molecule has 0 saturated carbocycles. The Balaban J connectivity index is 1.60. The Morgan fingerprint density at radius 2 is 1.68 bits per heavy atom. The molecular weight excluding hydrogens is 535 g/mol. The molecule has 0 bridgehead atoms. The van der Waals surface area contributed by atoms with Crippen molar-refractivity contribution < 1.29 is 37.0 Å². The van der Waals surface area contributed by atoms with E-state index in [2.05, 4.69) is 15.4 Å². The molecule has 200 valence electrons. The fourth-order valence-electron chi connectivity index (χ4n) is 3.33. The molecule has 13 heteroatoms. The van der Waals surface area contributed by atoms with E-state index in [1.807, 2.05) is 4.90 Å². The van der Waals surface area contributed by atoms with Crippen molar-refractivity contribution in [2.24, 2.45) is 0 Å². The number of anilines is 2. The van der Waals surface area contributed by atoms with Crippen molar-refractivity contribution in [1.82, 2.24) is 4.90 Å². The first-order valence-electron chi connectivity index (χ1n) is 11.1. The van der Waals surface area contributed by atoms with E-state index in [9.17, 15) is 27.6 Å². The molecule has 8 nitrogen and oxygen atoms in total. The predicted molar refractivity (Wildman–Crippen MR) is 133 cm³/mol. The van der Waals surface area contributed by atoms with Gasteiger partial charge in [-0.05, 0) is 49.4 Å². The summed E-state index contributed by atoms with van der Waals surface area (Å²) < 4.78 is 49.8. The summed E-state index contributed by atoms with van der Waals surface area (Å²) in [6.45, 7) is 4.17. The third-order valence-corrected chi connectivity index (χ3v) is 6.67. The van der Waals surface area contributed by atoms with Crippen molar-refractivity contribution in [1.29, 1.82) is 0 Å². The Hall–Kier alpha value is -2.80. The Morgan fingerprint density at radius 3 is 2.24 bits per heavy atom. The van der Waals surface area contributed by atoms with Crippen LogP contribution >= 0.6 is 23.4 Å². The summed E-state index contributed by atoms with van der Waals surface area (Å²) in [7, 11) is 0. The summed E-state index contributed by atoms with van der Waals surface area (Å²) in [5, 5.41) is 4.92. The summed E-state index contributed by atoms with van der Waals surface area (Å²) >= 11 is 7.52. The van der Waals surface area contributed by atoms with Crippen LogP contribution in [0.15, 0.2) is 52.3 Å². The molecule has 1 saturated heterocycles. The van der Waals surface area contributed by atoms with Crippen LogP contribution in [0.25, 0.3) is 0 Å². The van der Waals surface area contributed by atoms with E-state index >= 15 is 0 Å². The van der Waals surface area contributed by atoms with Crippen LogP contribution in [0.5, 0.6) is 0 Å². The zero-order valence-electron chi connectivity index (χ0n) is 20.0. The smallest absolute Gasteiger partial charge is 0.437 e. The number of rotatable bonds is 8. The highest BCUT2D eigenvalue weighted by Crippen LogP contribution is 2.37. The van der Waals surface area contributed by atoms with E-state index in [0.29, 0.717) is 43.8 Å². The number of nitrogens with zero attached hydrogens (tertiary/aromatic N) is 1. The van der Waals surface area contributed by atoms with Crippen LogP contribution < -0.4 is 10.6 Å². The van der Waals surface area contributed by atoms with Crippen molar-refractivity contribution in [2.45, 2.75) is 35.4 Å². The summed E-state index contributed by atoms with van der Waals surface area (Å²) in [5.74, 6) is -2.96. The highest BCUT2D eigenvalue weighted by molar-refractivity contribution is 7.99. The summed E-state index contributed by atoms with van der Waals surface area (Å²) in [5.41, 5.74) is -2.81. The molecule has 1 aliphatic rings. The van der Waals surface area contributed by atoms with Crippen molar-refractivity contribution in [3.63, 3.8) is 0 Å². The zero-order chi connectivity index (χ0) is 27.2. The molecule has 2 amide bonds. The maximum atomic E-state index is 13.4. The van der Waals surface area contributed by atoms with Crippen LogP contribution in [-0.4, -0.2) is 67.3 Å². The van der Waals surface area contributed by atoms with Crippen LogP contribution in [0, 0.1) is 0 Å². The Kier molecular flexibility index (Phi) is 9.46. The molecule has 2 aromatic rings. The largest absolute Gasteiger partial charge is 0.439 e. The van der Waals surface area contributed by atoms with Crippen LogP contribution in [0.4, 0.5) is 24.5 Å². The van der Waals surface area contributed by atoms with Gasteiger partial charge < -0.3 is 20.1 Å². The maximum absolute atomic E-state index is 13.4. The number of hydrogen-bond acceptors (Lipinski definition) is 7. The number of nitrogens with one attached hydrogen (secondary N) is 2. The number of alkyl halides is 3. The lowest BCUT2D eigenvalue weighted by atomic mass is 10.0. The minimum atomic E-state index is -5.14. The van der Waals surface area contributed by atoms with E-state index in [0.717, 1.165) is 11.8 Å². The van der Waals surface area contributed by atoms with E-state index < -0.39 is 23.7 Å². The molecule has 0 aromatic heterocycles. The number of carbonyl (C=O) groups is 3. The third-order valence-electron chi connectivity index (χ3n) is 5.36. The third kappa shape index (κ3) is 7.84. The average molecular weight is 560 g/mol. The number of ether oxygens (including phenoxy) is 2. The van der Waals surface area contributed by atoms with Gasteiger partial charge in [-0.25, -0.2) is 0 Å². The topological polar surface area (TPSA) is 97.0 Å². The van der Waals surface area contributed by atoms with Crippen molar-refractivity contribution in [3.8, 4) is 0 Å². The van der Waals surface area contributed by atoms with Crippen LogP contribution in [0.3, 0.4) is 0 Å². The van der Waals surface area contributed by atoms with Crippen LogP contribution in [0.1, 0.15) is 13.8 Å². The monoisotopic (exact) mass is 559 g/mol. The van der Waals surface area contributed by atoms with Crippen LogP contribution in [-0.2, 0) is 23.9 Å². The van der Waals surface area contributed by atoms with Gasteiger partial charge in [-0.2, -0.15) is 13.2 Å². The molecule has 0 unspecified atom stereocenters. The van der Waals surface area contributed by atoms with E-state index in [4.69, 9.17) is 16.3 Å². The second-order valence-electron chi connectivity index (χ2n) is 8.28. The fourth-order valence-corrected chi connectivity index (χ4v) is 4.48. The number of benzene rings is 2. The lowest BCUT2D eigenvalue weighted by Crippen LogP contribution is -2.55. The van der Waals surface area contributed by atoms with Crippen molar-refractivity contribution in [2.75, 3.05) is 43.5 Å². The molecule has 1 aliphatic heterocycles. The molecule has 0 aliphatic carbocycles. The van der Waals surface area contributed by atoms with Gasteiger partial charge >= 0.3 is 12.1 Å². The number of esters is 1. The first-order chi connectivity index (χ1) is 17.4. The fraction of sp³-hybridized carbons (Fsp3) is 0.375.